The molecular formula is C5H7LiO2S2. The number of thiophene rings is 1. The second-order valence-corrected chi connectivity index (χ2v) is 3.73. The van der Waals surface area contributed by atoms with Crippen molar-refractivity contribution >= 4 is 22.4 Å². The van der Waals surface area contributed by atoms with Crippen molar-refractivity contribution in [3.05, 3.63) is 16.3 Å². The van der Waals surface area contributed by atoms with Crippen LogP contribution in [0.1, 0.15) is 6.30 Å². The van der Waals surface area contributed by atoms with Crippen molar-refractivity contribution in [3.8, 4) is 0 Å². The number of hydrogen-bond acceptors (Lipinski definition) is 2. The van der Waals surface area contributed by atoms with Gasteiger partial charge in [0.25, 0.3) is 0 Å². The molecule has 0 saturated heterocycles. The molecule has 1 heterocycles. The minimum Gasteiger partial charge on any atom is -1.00 e. The van der Waals surface area contributed by atoms with Gasteiger partial charge < -0.3 is 5.98 Å². The Morgan fingerprint density at radius 1 is 1.80 bits per heavy atom. The summed E-state index contributed by atoms with van der Waals surface area (Å²) in [6.45, 7) is 1.90. The van der Waals surface area contributed by atoms with Crippen LogP contribution in [0.25, 0.3) is 0 Å². The maximum atomic E-state index is 10.3. The Morgan fingerprint density at radius 3 is 2.60 bits per heavy atom. The molecule has 1 N–H and O–H groups in total. The van der Waals surface area contributed by atoms with Gasteiger partial charge in [0.15, 0.2) is 11.1 Å². The van der Waals surface area contributed by atoms with E-state index in [-0.39, 0.29) is 20.3 Å². The van der Waals surface area contributed by atoms with Gasteiger partial charge >= 0.3 is 18.9 Å². The summed E-state index contributed by atoms with van der Waals surface area (Å²) in [5.74, 6) is 0. The molecule has 0 aliphatic heterocycles. The van der Waals surface area contributed by atoms with Crippen molar-refractivity contribution in [2.75, 3.05) is 0 Å². The number of aryl methyl sites for hydroxylation is 1. The molecule has 52 valence electrons. The molecule has 0 saturated carbocycles. The maximum absolute atomic E-state index is 10.3. The van der Waals surface area contributed by atoms with E-state index in [1.54, 1.807) is 11.4 Å². The van der Waals surface area contributed by atoms with E-state index >= 15 is 0 Å². The number of rotatable bonds is 1. The van der Waals surface area contributed by atoms with Crippen LogP contribution in [0.4, 0.5) is 0 Å². The second kappa shape index (κ2) is 4.32. The van der Waals surface area contributed by atoms with E-state index in [9.17, 15) is 4.21 Å². The van der Waals surface area contributed by atoms with E-state index in [1.807, 2.05) is 6.92 Å². The second-order valence-electron chi connectivity index (χ2n) is 1.64. The number of hydrogen-bond donors (Lipinski definition) is 1. The molecule has 0 spiro atoms. The molecule has 1 atom stereocenters. The van der Waals surface area contributed by atoms with E-state index in [1.165, 1.54) is 11.3 Å². The Labute approximate surface area is 79.6 Å². The third-order valence-corrected chi connectivity index (χ3v) is 2.56. The minimum absolute atomic E-state index is 0. The summed E-state index contributed by atoms with van der Waals surface area (Å²) in [6, 6.07) is 1.71. The summed E-state index contributed by atoms with van der Waals surface area (Å²) in [5.41, 5.74) is 0. The van der Waals surface area contributed by atoms with E-state index in [0.29, 0.717) is 4.90 Å². The molecule has 1 rings (SSSR count). The van der Waals surface area contributed by atoms with Crippen molar-refractivity contribution in [2.45, 2.75) is 11.8 Å². The van der Waals surface area contributed by atoms with Crippen molar-refractivity contribution in [3.63, 3.8) is 0 Å². The van der Waals surface area contributed by atoms with Gasteiger partial charge in [0.2, 0.25) is 0 Å². The van der Waals surface area contributed by atoms with Gasteiger partial charge in [0.1, 0.15) is 0 Å². The SMILES string of the molecule is Cc1cc(S(=O)O)cs1.[H-].[Li+]. The Morgan fingerprint density at radius 2 is 2.40 bits per heavy atom. The van der Waals surface area contributed by atoms with Gasteiger partial charge in [-0.25, -0.2) is 4.21 Å². The summed E-state index contributed by atoms with van der Waals surface area (Å²) in [5, 5.41) is 1.69. The summed E-state index contributed by atoms with van der Waals surface area (Å²) in [7, 11) is 0. The largest absolute Gasteiger partial charge is 1.00 e. The molecule has 0 amide bonds. The predicted molar refractivity (Wildman–Crippen MR) is 39.2 cm³/mol. The van der Waals surface area contributed by atoms with Gasteiger partial charge in [0.05, 0.1) is 4.90 Å². The molecule has 5 heteroatoms. The van der Waals surface area contributed by atoms with Gasteiger partial charge in [-0.2, -0.15) is 0 Å². The van der Waals surface area contributed by atoms with Gasteiger partial charge in [-0.1, -0.05) is 0 Å². The fourth-order valence-electron chi connectivity index (χ4n) is 0.511. The first-order chi connectivity index (χ1) is 4.20. The summed E-state index contributed by atoms with van der Waals surface area (Å²) < 4.78 is 18.8. The molecule has 0 bridgehead atoms. The molecule has 1 unspecified atom stereocenters. The van der Waals surface area contributed by atoms with Crippen LogP contribution in [-0.2, 0) is 11.1 Å². The van der Waals surface area contributed by atoms with Crippen molar-refractivity contribution in [1.82, 2.24) is 0 Å². The summed E-state index contributed by atoms with van der Waals surface area (Å²) in [6.07, 6.45) is 0. The monoisotopic (exact) mass is 170 g/mol. The molecule has 10 heavy (non-hydrogen) atoms. The fourth-order valence-corrected chi connectivity index (χ4v) is 1.90. The molecule has 2 nitrogen and oxygen atoms in total. The molecular weight excluding hydrogens is 163 g/mol. The quantitative estimate of drug-likeness (QED) is 0.422. The summed E-state index contributed by atoms with van der Waals surface area (Å²) >= 11 is -0.318. The average Bonchev–Trinajstić information content (AvgIpc) is 2.14. The third kappa shape index (κ3) is 2.57. The minimum atomic E-state index is -1.80. The van der Waals surface area contributed by atoms with Crippen LogP contribution < -0.4 is 18.9 Å². The van der Waals surface area contributed by atoms with Gasteiger partial charge in [0, 0.05) is 10.3 Å². The first-order valence-electron chi connectivity index (χ1n) is 2.36. The molecule has 0 aliphatic carbocycles. The van der Waals surface area contributed by atoms with Gasteiger partial charge in [-0.3, -0.25) is 0 Å². The first-order valence-corrected chi connectivity index (χ1v) is 4.35. The molecule has 0 fully saturated rings. The fraction of sp³-hybridized carbons (Fsp3) is 0.200. The zero-order valence-electron chi connectivity index (χ0n) is 6.83. The standard InChI is InChI=1S/C5H6O2S2.Li.H/c1-4-2-5(3-8-4)9(6)7;;/h2-3H,1H3,(H,6,7);;/q;+1;-1. The van der Waals surface area contributed by atoms with Crippen LogP contribution in [0.15, 0.2) is 16.3 Å². The molecule has 0 aliphatic rings. The molecule has 0 aromatic carbocycles. The summed E-state index contributed by atoms with van der Waals surface area (Å²) in [4.78, 5) is 1.56. The van der Waals surface area contributed by atoms with Crippen LogP contribution in [0.5, 0.6) is 0 Å². The van der Waals surface area contributed by atoms with E-state index in [2.05, 4.69) is 0 Å². The normalized spacial score (nSPS) is 12.2. The van der Waals surface area contributed by atoms with Crippen molar-refractivity contribution in [2.24, 2.45) is 0 Å². The van der Waals surface area contributed by atoms with Crippen LogP contribution in [0, 0.1) is 6.92 Å². The average molecular weight is 170 g/mol. The topological polar surface area (TPSA) is 37.3 Å². The smallest absolute Gasteiger partial charge is 1.00 e. The van der Waals surface area contributed by atoms with Gasteiger partial charge in [-0.15, -0.1) is 11.3 Å². The van der Waals surface area contributed by atoms with E-state index in [4.69, 9.17) is 4.55 Å². The van der Waals surface area contributed by atoms with Gasteiger partial charge in [-0.05, 0) is 13.0 Å². The Balaban J connectivity index is 0. The van der Waals surface area contributed by atoms with E-state index in [0.717, 1.165) is 4.88 Å². The Bertz CT molecular complexity index is 238. The molecule has 1 aromatic rings. The van der Waals surface area contributed by atoms with Crippen molar-refractivity contribution in [1.29, 1.82) is 0 Å². The van der Waals surface area contributed by atoms with Crippen LogP contribution in [0.3, 0.4) is 0 Å². The Hall–Kier alpha value is 0.407. The molecule has 0 radical (unpaired) electrons. The zero-order chi connectivity index (χ0) is 6.85. The maximum Gasteiger partial charge on any atom is 1.00 e. The van der Waals surface area contributed by atoms with Crippen LogP contribution in [0.2, 0.25) is 0 Å². The van der Waals surface area contributed by atoms with Crippen LogP contribution >= 0.6 is 11.3 Å². The third-order valence-electron chi connectivity index (χ3n) is 0.908. The van der Waals surface area contributed by atoms with Crippen LogP contribution in [-0.4, -0.2) is 8.76 Å². The molecule has 1 aromatic heterocycles. The van der Waals surface area contributed by atoms with E-state index < -0.39 is 11.1 Å². The first kappa shape index (κ1) is 10.4. The zero-order valence-corrected chi connectivity index (χ0v) is 7.46. The Kier molecular flexibility index (Phi) is 4.50. The predicted octanol–water partition coefficient (Wildman–Crippen LogP) is -1.25. The van der Waals surface area contributed by atoms with Crippen molar-refractivity contribution < 1.29 is 29.0 Å².